The largest absolute Gasteiger partial charge is 0.500 e. The summed E-state index contributed by atoms with van der Waals surface area (Å²) in [5, 5.41) is 3.10. The van der Waals surface area contributed by atoms with Gasteiger partial charge in [0.15, 0.2) is 29.0 Å². The summed E-state index contributed by atoms with van der Waals surface area (Å²) in [5.41, 5.74) is 0.650. The Morgan fingerprint density at radius 1 is 1.08 bits per heavy atom. The van der Waals surface area contributed by atoms with E-state index in [9.17, 15) is 14.4 Å². The quantitative estimate of drug-likeness (QED) is 0.237. The zero-order chi connectivity index (χ0) is 28.1. The third-order valence-corrected chi connectivity index (χ3v) is 5.88. The molecular weight excluding hydrogens is 507 g/mol. The molecule has 4 amide bonds. The van der Waals surface area contributed by atoms with Gasteiger partial charge in [-0.3, -0.25) is 9.78 Å². The first-order valence-corrected chi connectivity index (χ1v) is 11.8. The van der Waals surface area contributed by atoms with Gasteiger partial charge in [-0.25, -0.2) is 9.18 Å². The number of halogens is 1. The zero-order valence-corrected chi connectivity index (χ0v) is 21.3. The highest BCUT2D eigenvalue weighted by molar-refractivity contribution is 6.20. The van der Waals surface area contributed by atoms with Crippen molar-refractivity contribution in [1.29, 1.82) is 0 Å². The van der Waals surface area contributed by atoms with E-state index < -0.39 is 29.6 Å². The molecule has 0 saturated heterocycles. The zero-order valence-electron chi connectivity index (χ0n) is 21.3. The number of benzene rings is 2. The minimum absolute atomic E-state index is 0.0636. The summed E-state index contributed by atoms with van der Waals surface area (Å²) in [7, 11) is 3.01. The Hall–Kier alpha value is -5.06. The van der Waals surface area contributed by atoms with Gasteiger partial charge in [-0.15, -0.1) is 0 Å². The van der Waals surface area contributed by atoms with Crippen LogP contribution < -0.4 is 19.5 Å². The van der Waals surface area contributed by atoms with E-state index in [-0.39, 0.29) is 24.5 Å². The molecule has 1 aliphatic heterocycles. The third-order valence-electron chi connectivity index (χ3n) is 5.88. The average molecular weight is 534 g/mol. The summed E-state index contributed by atoms with van der Waals surface area (Å²) >= 11 is 0. The van der Waals surface area contributed by atoms with Crippen LogP contribution in [-0.2, 0) is 9.59 Å². The fraction of sp³-hybridized carbons (Fsp3) is 0.179. The predicted octanol–water partition coefficient (Wildman–Crippen LogP) is 4.16. The maximum atomic E-state index is 15.1. The van der Waals surface area contributed by atoms with E-state index in [1.807, 2.05) is 0 Å². The molecule has 39 heavy (non-hydrogen) atoms. The number of methoxy groups -OCH3 is 2. The predicted molar refractivity (Wildman–Crippen MR) is 142 cm³/mol. The van der Waals surface area contributed by atoms with Gasteiger partial charge >= 0.3 is 11.9 Å². The molecule has 11 heteroatoms. The van der Waals surface area contributed by atoms with Crippen LogP contribution in [0.1, 0.15) is 0 Å². The number of hydrogen-bond donors (Lipinski definition) is 1. The van der Waals surface area contributed by atoms with E-state index in [1.54, 1.807) is 18.2 Å². The topological polar surface area (TPSA) is 110 Å². The standard InChI is InChI=1S/C28H25FN4O6/c1-5-11-32-16-19(27(35)33(12-6-2)28(32)36)26(34)31-17-7-8-23(20(29)13-17)39-22-9-10-30-21-15-25(38-4)24(37-3)14-18(21)22/h5-10,13-16,19H,1-2,11-12H2,3-4H3/p+1. The first kappa shape index (κ1) is 27.0. The van der Waals surface area contributed by atoms with Crippen molar-refractivity contribution in [3.8, 4) is 23.0 Å². The van der Waals surface area contributed by atoms with Crippen molar-refractivity contribution < 1.29 is 37.6 Å². The van der Waals surface area contributed by atoms with Gasteiger partial charge in [-0.05, 0) is 24.3 Å². The van der Waals surface area contributed by atoms with Crippen molar-refractivity contribution in [3.05, 3.63) is 73.7 Å². The molecule has 1 N–H and O–H groups in total. The number of ether oxygens (including phenoxy) is 3. The van der Waals surface area contributed by atoms with Gasteiger partial charge in [-0.1, -0.05) is 25.3 Å². The Morgan fingerprint density at radius 3 is 2.49 bits per heavy atom. The fourth-order valence-corrected chi connectivity index (χ4v) is 4.02. The van der Waals surface area contributed by atoms with Gasteiger partial charge in [-0.2, -0.15) is 14.3 Å². The van der Waals surface area contributed by atoms with Crippen LogP contribution in [0.15, 0.2) is 67.9 Å². The second-order valence-electron chi connectivity index (χ2n) is 8.36. The van der Waals surface area contributed by atoms with Crippen molar-refractivity contribution in [2.45, 2.75) is 0 Å². The van der Waals surface area contributed by atoms with Gasteiger partial charge in [0.25, 0.3) is 0 Å². The summed E-state index contributed by atoms with van der Waals surface area (Å²) in [6, 6.07) is 8.21. The van der Waals surface area contributed by atoms with Gasteiger partial charge < -0.3 is 19.5 Å². The number of amides is 4. The smallest absolute Gasteiger partial charge is 0.493 e. The van der Waals surface area contributed by atoms with E-state index in [2.05, 4.69) is 23.5 Å². The van der Waals surface area contributed by atoms with Crippen LogP contribution >= 0.6 is 0 Å². The lowest BCUT2D eigenvalue weighted by atomic mass is 10.1. The van der Waals surface area contributed by atoms with E-state index >= 15 is 4.39 Å². The van der Waals surface area contributed by atoms with Crippen LogP contribution in [-0.4, -0.2) is 65.8 Å². The number of urea groups is 1. The molecule has 0 aliphatic carbocycles. The second kappa shape index (κ2) is 11.5. The van der Waals surface area contributed by atoms with Crippen molar-refractivity contribution in [1.82, 2.24) is 9.88 Å². The molecule has 0 saturated carbocycles. The Balaban J connectivity index is 1.57. The lowest BCUT2D eigenvalue weighted by Crippen LogP contribution is -2.54. The number of nitrogens with one attached hydrogen (secondary N) is 1. The average Bonchev–Trinajstić information content (AvgIpc) is 2.93. The summed E-state index contributed by atoms with van der Waals surface area (Å²) in [5.74, 6) is -2.34. The van der Waals surface area contributed by atoms with Crippen molar-refractivity contribution in [3.63, 3.8) is 0 Å². The van der Waals surface area contributed by atoms with E-state index in [0.717, 1.165) is 11.0 Å². The highest BCUT2D eigenvalue weighted by atomic mass is 19.1. The van der Waals surface area contributed by atoms with Crippen molar-refractivity contribution >= 4 is 40.7 Å². The Labute approximate surface area is 223 Å². The molecule has 2 aromatic carbocycles. The van der Waals surface area contributed by atoms with E-state index in [4.69, 9.17) is 14.2 Å². The number of hydrogen-bond acceptors (Lipinski definition) is 7. The van der Waals surface area contributed by atoms with Gasteiger partial charge in [0.2, 0.25) is 5.91 Å². The number of aromatic nitrogens is 1. The number of nitrogens with zero attached hydrogens (tertiary/aromatic N) is 3. The number of imide groups is 1. The molecular formula is C28H26FN4O6+. The van der Waals surface area contributed by atoms with Gasteiger partial charge in [0, 0.05) is 29.4 Å². The minimum atomic E-state index is -1.31. The summed E-state index contributed by atoms with van der Waals surface area (Å²) in [6.45, 7) is 7.18. The lowest BCUT2D eigenvalue weighted by Gasteiger charge is -2.22. The number of anilines is 1. The second-order valence-corrected chi connectivity index (χ2v) is 8.36. The number of carbonyl (C=O) groups excluding carboxylic acids is 3. The number of pyridine rings is 1. The first-order valence-electron chi connectivity index (χ1n) is 11.8. The molecule has 200 valence electrons. The van der Waals surface area contributed by atoms with Crippen molar-refractivity contribution in [2.24, 2.45) is 5.92 Å². The van der Waals surface area contributed by atoms with E-state index in [1.165, 1.54) is 55.5 Å². The number of rotatable bonds is 10. The van der Waals surface area contributed by atoms with Crippen LogP contribution in [0, 0.1) is 11.7 Å². The molecule has 3 aromatic rings. The number of fused-ring (bicyclic) bond motifs is 1. The number of carbonyl (C=O) groups is 3. The van der Waals surface area contributed by atoms with Crippen molar-refractivity contribution in [2.75, 3.05) is 32.6 Å². The fourth-order valence-electron chi connectivity index (χ4n) is 4.02. The molecule has 10 nitrogen and oxygen atoms in total. The summed E-state index contributed by atoms with van der Waals surface area (Å²) < 4.78 is 32.7. The molecule has 2 heterocycles. The maximum absolute atomic E-state index is 15.1. The monoisotopic (exact) mass is 533 g/mol. The normalized spacial score (nSPS) is 15.0. The SMILES string of the molecule is C=CCN1C(=O)C(C(=O)Nc2ccc(Oc3ccnc4cc(OC)c(OC)cc34)c(F)c2)C=[N+](CC=C)C1=O. The molecule has 0 fully saturated rings. The van der Waals surface area contributed by atoms with Crippen LogP contribution in [0.3, 0.4) is 0 Å². The molecule has 4 rings (SSSR count). The Bertz CT molecular complexity index is 1520. The summed E-state index contributed by atoms with van der Waals surface area (Å²) in [4.78, 5) is 43.5. The molecule has 1 unspecified atom stereocenters. The molecule has 0 bridgehead atoms. The molecule has 1 aromatic heterocycles. The molecule has 0 spiro atoms. The highest BCUT2D eigenvalue weighted by Crippen LogP contribution is 2.37. The maximum Gasteiger partial charge on any atom is 0.500 e. The first-order chi connectivity index (χ1) is 18.8. The Kier molecular flexibility index (Phi) is 7.99. The van der Waals surface area contributed by atoms with Crippen LogP contribution in [0.25, 0.3) is 10.9 Å². The summed E-state index contributed by atoms with van der Waals surface area (Å²) in [6.07, 6.45) is 5.60. The van der Waals surface area contributed by atoms with Crippen LogP contribution in [0.4, 0.5) is 14.9 Å². The van der Waals surface area contributed by atoms with Crippen LogP contribution in [0.5, 0.6) is 23.0 Å². The molecule has 0 radical (unpaired) electrons. The highest BCUT2D eigenvalue weighted by Gasteiger charge is 2.45. The third kappa shape index (κ3) is 5.47. The van der Waals surface area contributed by atoms with Crippen LogP contribution in [0.2, 0.25) is 0 Å². The lowest BCUT2D eigenvalue weighted by molar-refractivity contribution is -0.423. The molecule has 1 atom stereocenters. The minimum Gasteiger partial charge on any atom is -0.493 e. The Morgan fingerprint density at radius 2 is 1.82 bits per heavy atom. The molecule has 1 aliphatic rings. The van der Waals surface area contributed by atoms with Gasteiger partial charge in [0.05, 0.1) is 26.0 Å². The van der Waals surface area contributed by atoms with Gasteiger partial charge in [0.1, 0.15) is 18.8 Å². The van der Waals surface area contributed by atoms with E-state index in [0.29, 0.717) is 28.2 Å².